The van der Waals surface area contributed by atoms with E-state index in [-0.39, 0.29) is 24.0 Å². The number of rotatable bonds is 8. The van der Waals surface area contributed by atoms with E-state index in [0.717, 1.165) is 37.9 Å². The number of carbonyl (C=O) groups excluding carboxylic acids is 3. The van der Waals surface area contributed by atoms with Crippen LogP contribution in [0.3, 0.4) is 0 Å². The van der Waals surface area contributed by atoms with Crippen LogP contribution in [-0.2, 0) is 9.59 Å². The monoisotopic (exact) mass is 392 g/mol. The number of carbonyl (C=O) groups is 3. The van der Waals surface area contributed by atoms with Crippen LogP contribution in [0.4, 0.5) is 0 Å². The van der Waals surface area contributed by atoms with Crippen molar-refractivity contribution in [3.63, 3.8) is 0 Å². The summed E-state index contributed by atoms with van der Waals surface area (Å²) in [6.07, 6.45) is 4.13. The number of nitrogens with zero attached hydrogens (tertiary/aromatic N) is 1. The molecule has 3 rings (SSSR count). The molecule has 2 aromatic rings. The van der Waals surface area contributed by atoms with Gasteiger partial charge in [-0.15, -0.1) is 0 Å². The van der Waals surface area contributed by atoms with E-state index in [2.05, 4.69) is 5.32 Å². The van der Waals surface area contributed by atoms with Crippen LogP contribution in [0.5, 0.6) is 0 Å². The first kappa shape index (κ1) is 20.8. The van der Waals surface area contributed by atoms with Crippen molar-refractivity contribution in [2.24, 2.45) is 0 Å². The van der Waals surface area contributed by atoms with Crippen LogP contribution in [0.25, 0.3) is 0 Å². The van der Waals surface area contributed by atoms with Crippen molar-refractivity contribution < 1.29 is 14.4 Å². The highest BCUT2D eigenvalue weighted by Crippen LogP contribution is 2.19. The maximum Gasteiger partial charge on any atom is 0.249 e. The summed E-state index contributed by atoms with van der Waals surface area (Å²) in [4.78, 5) is 39.6. The Bertz CT molecular complexity index is 815. The Labute approximate surface area is 172 Å². The Kier molecular flexibility index (Phi) is 7.56. The van der Waals surface area contributed by atoms with E-state index < -0.39 is 6.04 Å². The number of likely N-dealkylation sites (tertiary alicyclic amines) is 1. The molecule has 2 aromatic carbocycles. The predicted molar refractivity (Wildman–Crippen MR) is 112 cm³/mol. The Hall–Kier alpha value is -2.95. The number of nitrogens with one attached hydrogen (secondary N) is 1. The van der Waals surface area contributed by atoms with E-state index in [1.807, 2.05) is 53.4 Å². The molecule has 0 unspecified atom stereocenters. The second-order valence-electron chi connectivity index (χ2n) is 7.44. The summed E-state index contributed by atoms with van der Waals surface area (Å²) in [7, 11) is 0. The summed E-state index contributed by atoms with van der Waals surface area (Å²) in [6.45, 7) is 1.48. The molecule has 1 aliphatic heterocycles. The summed E-state index contributed by atoms with van der Waals surface area (Å²) in [6, 6.07) is 17.8. The van der Waals surface area contributed by atoms with Gasteiger partial charge in [-0.3, -0.25) is 14.4 Å². The third-order valence-corrected chi connectivity index (χ3v) is 5.26. The number of hydrogen-bond acceptors (Lipinski definition) is 3. The summed E-state index contributed by atoms with van der Waals surface area (Å²) in [5, 5.41) is 2.90. The SMILES string of the molecule is O=C(CCCC(=O)c1ccccc1)N[C@H](C(=O)N1CCCCC1)c1ccccc1. The van der Waals surface area contributed by atoms with Gasteiger partial charge in [-0.1, -0.05) is 60.7 Å². The van der Waals surface area contributed by atoms with Gasteiger partial charge in [0, 0.05) is 31.5 Å². The summed E-state index contributed by atoms with van der Waals surface area (Å²) < 4.78 is 0. The molecule has 1 N–H and O–H groups in total. The summed E-state index contributed by atoms with van der Waals surface area (Å²) in [5.74, 6) is -0.225. The first-order chi connectivity index (χ1) is 14.1. The van der Waals surface area contributed by atoms with Crippen LogP contribution in [-0.4, -0.2) is 35.6 Å². The lowest BCUT2D eigenvalue weighted by molar-refractivity contribution is -0.137. The van der Waals surface area contributed by atoms with Gasteiger partial charge in [0.25, 0.3) is 0 Å². The zero-order chi connectivity index (χ0) is 20.5. The Morgan fingerprint density at radius 1 is 0.828 bits per heavy atom. The minimum atomic E-state index is -0.674. The highest BCUT2D eigenvalue weighted by molar-refractivity contribution is 5.96. The zero-order valence-corrected chi connectivity index (χ0v) is 16.7. The average molecular weight is 392 g/mol. The highest BCUT2D eigenvalue weighted by atomic mass is 16.2. The molecule has 1 atom stereocenters. The maximum atomic E-state index is 13.1. The molecule has 0 aliphatic carbocycles. The van der Waals surface area contributed by atoms with Gasteiger partial charge in [0.05, 0.1) is 0 Å². The quantitative estimate of drug-likeness (QED) is 0.693. The van der Waals surface area contributed by atoms with Gasteiger partial charge in [0.2, 0.25) is 11.8 Å². The summed E-state index contributed by atoms with van der Waals surface area (Å²) >= 11 is 0. The number of benzene rings is 2. The predicted octanol–water partition coefficient (Wildman–Crippen LogP) is 3.91. The van der Waals surface area contributed by atoms with E-state index in [1.165, 1.54) is 0 Å². The van der Waals surface area contributed by atoms with Crippen LogP contribution in [0.2, 0.25) is 0 Å². The van der Waals surface area contributed by atoms with Gasteiger partial charge >= 0.3 is 0 Å². The fraction of sp³-hybridized carbons (Fsp3) is 0.375. The van der Waals surface area contributed by atoms with Crippen LogP contribution < -0.4 is 5.32 Å². The maximum absolute atomic E-state index is 13.1. The lowest BCUT2D eigenvalue weighted by Crippen LogP contribution is -2.44. The minimum absolute atomic E-state index is 0.0300. The van der Waals surface area contributed by atoms with E-state index in [4.69, 9.17) is 0 Å². The van der Waals surface area contributed by atoms with Crippen molar-refractivity contribution in [3.05, 3.63) is 71.8 Å². The molecule has 0 radical (unpaired) electrons. The molecule has 2 amide bonds. The van der Waals surface area contributed by atoms with E-state index in [1.54, 1.807) is 12.1 Å². The van der Waals surface area contributed by atoms with Crippen molar-refractivity contribution in [1.82, 2.24) is 10.2 Å². The molecule has 1 heterocycles. The van der Waals surface area contributed by atoms with Crippen LogP contribution in [0, 0.1) is 0 Å². The minimum Gasteiger partial charge on any atom is -0.341 e. The molecule has 0 spiro atoms. The second kappa shape index (κ2) is 10.6. The van der Waals surface area contributed by atoms with Gasteiger partial charge in [-0.2, -0.15) is 0 Å². The molecule has 0 bridgehead atoms. The molecule has 152 valence electrons. The molecule has 5 heteroatoms. The number of ketones is 1. The average Bonchev–Trinajstić information content (AvgIpc) is 2.78. The van der Waals surface area contributed by atoms with Crippen molar-refractivity contribution in [3.8, 4) is 0 Å². The fourth-order valence-corrected chi connectivity index (χ4v) is 3.64. The van der Waals surface area contributed by atoms with E-state index in [9.17, 15) is 14.4 Å². The van der Waals surface area contributed by atoms with Crippen LogP contribution in [0.1, 0.15) is 60.5 Å². The standard InChI is InChI=1S/C24H28N2O3/c27-21(19-11-4-1-5-12-19)15-10-16-22(28)25-23(20-13-6-2-7-14-20)24(29)26-17-8-3-9-18-26/h1-2,4-7,11-14,23H,3,8-10,15-18H2,(H,25,28)/t23-/m0/s1. The second-order valence-corrected chi connectivity index (χ2v) is 7.44. The molecule has 29 heavy (non-hydrogen) atoms. The molecular formula is C24H28N2O3. The zero-order valence-electron chi connectivity index (χ0n) is 16.7. The van der Waals surface area contributed by atoms with E-state index >= 15 is 0 Å². The molecule has 0 saturated carbocycles. The lowest BCUT2D eigenvalue weighted by atomic mass is 10.0. The Morgan fingerprint density at radius 3 is 2.10 bits per heavy atom. The normalized spacial score (nSPS) is 14.8. The number of piperidine rings is 1. The molecule has 1 saturated heterocycles. The van der Waals surface area contributed by atoms with Gasteiger partial charge in [0.15, 0.2) is 5.78 Å². The molecule has 1 fully saturated rings. The largest absolute Gasteiger partial charge is 0.341 e. The first-order valence-electron chi connectivity index (χ1n) is 10.4. The van der Waals surface area contributed by atoms with Crippen molar-refractivity contribution in [2.45, 2.75) is 44.6 Å². The van der Waals surface area contributed by atoms with Crippen molar-refractivity contribution in [2.75, 3.05) is 13.1 Å². The first-order valence-corrected chi connectivity index (χ1v) is 10.4. The highest BCUT2D eigenvalue weighted by Gasteiger charge is 2.28. The number of amides is 2. The number of hydrogen-bond donors (Lipinski definition) is 1. The third-order valence-electron chi connectivity index (χ3n) is 5.26. The van der Waals surface area contributed by atoms with Crippen molar-refractivity contribution in [1.29, 1.82) is 0 Å². The lowest BCUT2D eigenvalue weighted by Gasteiger charge is -2.31. The van der Waals surface area contributed by atoms with Gasteiger partial charge < -0.3 is 10.2 Å². The van der Waals surface area contributed by atoms with E-state index in [0.29, 0.717) is 18.4 Å². The van der Waals surface area contributed by atoms with Gasteiger partial charge in [-0.05, 0) is 31.2 Å². The van der Waals surface area contributed by atoms with Crippen molar-refractivity contribution >= 4 is 17.6 Å². The summed E-state index contributed by atoms with van der Waals surface area (Å²) in [5.41, 5.74) is 1.45. The fourth-order valence-electron chi connectivity index (χ4n) is 3.64. The molecular weight excluding hydrogens is 364 g/mol. The smallest absolute Gasteiger partial charge is 0.249 e. The molecule has 0 aromatic heterocycles. The number of Topliss-reactive ketones (excluding diaryl/α,β-unsaturated/α-hetero) is 1. The van der Waals surface area contributed by atoms with Gasteiger partial charge in [-0.25, -0.2) is 0 Å². The Balaban J connectivity index is 1.57. The Morgan fingerprint density at radius 2 is 1.45 bits per heavy atom. The topological polar surface area (TPSA) is 66.5 Å². The van der Waals surface area contributed by atoms with Gasteiger partial charge in [0.1, 0.15) is 6.04 Å². The third kappa shape index (κ3) is 6.01. The molecule has 1 aliphatic rings. The van der Waals surface area contributed by atoms with Crippen LogP contribution in [0.15, 0.2) is 60.7 Å². The van der Waals surface area contributed by atoms with Crippen LogP contribution >= 0.6 is 0 Å². The molecule has 5 nitrogen and oxygen atoms in total.